The third kappa shape index (κ3) is 3.57. The predicted octanol–water partition coefficient (Wildman–Crippen LogP) is 5.53. The molecular formula is C23H27N3. The lowest BCUT2D eigenvalue weighted by atomic mass is 10.1. The molecule has 0 spiro atoms. The van der Waals surface area contributed by atoms with E-state index in [1.807, 2.05) is 6.21 Å². The average molecular weight is 345 g/mol. The summed E-state index contributed by atoms with van der Waals surface area (Å²) in [5, 5.41) is 0. The molecule has 0 aliphatic rings. The van der Waals surface area contributed by atoms with Crippen LogP contribution in [0.25, 0.3) is 5.69 Å². The van der Waals surface area contributed by atoms with Crippen molar-refractivity contribution in [2.45, 2.75) is 27.7 Å². The molecule has 0 radical (unpaired) electrons. The highest BCUT2D eigenvalue weighted by molar-refractivity contribution is 5.84. The van der Waals surface area contributed by atoms with E-state index in [4.69, 9.17) is 4.99 Å². The Morgan fingerprint density at radius 3 is 2.19 bits per heavy atom. The molecule has 0 aliphatic heterocycles. The number of anilines is 1. The minimum absolute atomic E-state index is 1.02. The van der Waals surface area contributed by atoms with Gasteiger partial charge in [-0.2, -0.15) is 0 Å². The molecule has 134 valence electrons. The maximum atomic E-state index is 4.72. The molecule has 3 rings (SSSR count). The highest BCUT2D eigenvalue weighted by Gasteiger charge is 2.10. The SMILES string of the molecule is Cc1ccc(N=Cc2cc(C)n(-c3ccc(N(C)C)cc3)c2C)c(C)c1. The van der Waals surface area contributed by atoms with Gasteiger partial charge in [-0.25, -0.2) is 0 Å². The van der Waals surface area contributed by atoms with Gasteiger partial charge < -0.3 is 9.47 Å². The van der Waals surface area contributed by atoms with Crippen molar-refractivity contribution in [1.29, 1.82) is 0 Å². The van der Waals surface area contributed by atoms with Crippen molar-refractivity contribution in [3.05, 3.63) is 76.6 Å². The van der Waals surface area contributed by atoms with Crippen molar-refractivity contribution in [3.63, 3.8) is 0 Å². The van der Waals surface area contributed by atoms with Crippen LogP contribution in [0.3, 0.4) is 0 Å². The lowest BCUT2D eigenvalue weighted by Crippen LogP contribution is -2.08. The Morgan fingerprint density at radius 2 is 1.58 bits per heavy atom. The monoisotopic (exact) mass is 345 g/mol. The number of aromatic nitrogens is 1. The van der Waals surface area contributed by atoms with Crippen LogP contribution in [0, 0.1) is 27.7 Å². The average Bonchev–Trinajstić information content (AvgIpc) is 2.88. The fraction of sp³-hybridized carbons (Fsp3) is 0.261. The first-order valence-corrected chi connectivity index (χ1v) is 8.95. The Kier molecular flexibility index (Phi) is 4.99. The van der Waals surface area contributed by atoms with Crippen molar-refractivity contribution >= 4 is 17.6 Å². The Bertz CT molecular complexity index is 944. The summed E-state index contributed by atoms with van der Waals surface area (Å²) in [6.45, 7) is 8.50. The number of nitrogens with zero attached hydrogens (tertiary/aromatic N) is 3. The molecule has 3 nitrogen and oxygen atoms in total. The minimum Gasteiger partial charge on any atom is -0.378 e. The molecule has 3 heteroatoms. The quantitative estimate of drug-likeness (QED) is 0.570. The Hall–Kier alpha value is -2.81. The molecule has 0 fully saturated rings. The van der Waals surface area contributed by atoms with E-state index in [9.17, 15) is 0 Å². The Morgan fingerprint density at radius 1 is 0.885 bits per heavy atom. The molecule has 1 heterocycles. The van der Waals surface area contributed by atoms with Gasteiger partial charge in [0.15, 0.2) is 0 Å². The summed E-state index contributed by atoms with van der Waals surface area (Å²) in [5.74, 6) is 0. The van der Waals surface area contributed by atoms with Gasteiger partial charge in [-0.1, -0.05) is 17.7 Å². The maximum Gasteiger partial charge on any atom is 0.0659 e. The summed E-state index contributed by atoms with van der Waals surface area (Å²) >= 11 is 0. The zero-order chi connectivity index (χ0) is 18.8. The molecule has 2 aromatic carbocycles. The number of hydrogen-bond donors (Lipinski definition) is 0. The standard InChI is InChI=1S/C23H27N3/c1-16-7-12-23(17(2)13-16)24-15-20-14-18(3)26(19(20)4)22-10-8-21(9-11-22)25(5)6/h7-15H,1-6H3. The zero-order valence-electron chi connectivity index (χ0n) is 16.5. The second kappa shape index (κ2) is 7.20. The van der Waals surface area contributed by atoms with E-state index in [1.165, 1.54) is 33.9 Å². The van der Waals surface area contributed by atoms with E-state index >= 15 is 0 Å². The lowest BCUT2D eigenvalue weighted by Gasteiger charge is -2.14. The first-order valence-electron chi connectivity index (χ1n) is 8.95. The lowest BCUT2D eigenvalue weighted by molar-refractivity contribution is 0.963. The summed E-state index contributed by atoms with van der Waals surface area (Å²) in [6.07, 6.45) is 1.98. The molecule has 3 aromatic rings. The van der Waals surface area contributed by atoms with Crippen LogP contribution in [0.2, 0.25) is 0 Å². The third-order valence-corrected chi connectivity index (χ3v) is 4.79. The van der Waals surface area contributed by atoms with E-state index < -0.39 is 0 Å². The van der Waals surface area contributed by atoms with Gasteiger partial charge in [0.2, 0.25) is 0 Å². The molecule has 0 N–H and O–H groups in total. The maximum absolute atomic E-state index is 4.72. The van der Waals surface area contributed by atoms with Gasteiger partial charge >= 0.3 is 0 Å². The van der Waals surface area contributed by atoms with Gasteiger partial charge in [0.25, 0.3) is 0 Å². The van der Waals surface area contributed by atoms with E-state index in [2.05, 4.69) is 99.8 Å². The van der Waals surface area contributed by atoms with E-state index in [1.54, 1.807) is 0 Å². The van der Waals surface area contributed by atoms with E-state index in [-0.39, 0.29) is 0 Å². The molecule has 0 atom stereocenters. The summed E-state index contributed by atoms with van der Waals surface area (Å²) in [7, 11) is 4.12. The molecule has 0 aliphatic carbocycles. The van der Waals surface area contributed by atoms with E-state index in [0.29, 0.717) is 0 Å². The van der Waals surface area contributed by atoms with Crippen LogP contribution in [0.5, 0.6) is 0 Å². The van der Waals surface area contributed by atoms with Crippen molar-refractivity contribution in [2.75, 3.05) is 19.0 Å². The largest absolute Gasteiger partial charge is 0.378 e. The number of rotatable bonds is 4. The van der Waals surface area contributed by atoms with Crippen molar-refractivity contribution < 1.29 is 0 Å². The fourth-order valence-electron chi connectivity index (χ4n) is 3.30. The van der Waals surface area contributed by atoms with Gasteiger partial charge in [-0.15, -0.1) is 0 Å². The molecule has 0 unspecified atom stereocenters. The van der Waals surface area contributed by atoms with Gasteiger partial charge in [0.1, 0.15) is 0 Å². The minimum atomic E-state index is 1.02. The molecular weight excluding hydrogens is 318 g/mol. The fourth-order valence-corrected chi connectivity index (χ4v) is 3.30. The van der Waals surface area contributed by atoms with Gasteiger partial charge in [0, 0.05) is 48.6 Å². The Balaban J connectivity index is 1.94. The molecule has 1 aromatic heterocycles. The number of aryl methyl sites for hydroxylation is 3. The van der Waals surface area contributed by atoms with Crippen molar-refractivity contribution in [3.8, 4) is 5.69 Å². The van der Waals surface area contributed by atoms with Crippen molar-refractivity contribution in [2.24, 2.45) is 4.99 Å². The van der Waals surface area contributed by atoms with Crippen molar-refractivity contribution in [1.82, 2.24) is 4.57 Å². The number of benzene rings is 2. The normalized spacial score (nSPS) is 11.3. The highest BCUT2D eigenvalue weighted by Crippen LogP contribution is 2.24. The van der Waals surface area contributed by atoms with Crippen LogP contribution >= 0.6 is 0 Å². The summed E-state index contributed by atoms with van der Waals surface area (Å²) < 4.78 is 2.28. The summed E-state index contributed by atoms with van der Waals surface area (Å²) in [4.78, 5) is 6.83. The topological polar surface area (TPSA) is 20.5 Å². The predicted molar refractivity (Wildman–Crippen MR) is 113 cm³/mol. The van der Waals surface area contributed by atoms with Gasteiger partial charge in [0.05, 0.1) is 5.69 Å². The van der Waals surface area contributed by atoms with E-state index in [0.717, 1.165) is 11.3 Å². The third-order valence-electron chi connectivity index (χ3n) is 4.79. The highest BCUT2D eigenvalue weighted by atomic mass is 15.1. The van der Waals surface area contributed by atoms with Crippen LogP contribution in [0.4, 0.5) is 11.4 Å². The smallest absolute Gasteiger partial charge is 0.0659 e. The first kappa shape index (κ1) is 18.0. The van der Waals surface area contributed by atoms with Gasteiger partial charge in [-0.05, 0) is 69.7 Å². The summed E-state index contributed by atoms with van der Waals surface area (Å²) in [5.41, 5.74) is 9.44. The van der Waals surface area contributed by atoms with Crippen LogP contribution in [0.1, 0.15) is 28.1 Å². The summed E-state index contributed by atoms with van der Waals surface area (Å²) in [6, 6.07) is 17.2. The first-order chi connectivity index (χ1) is 12.4. The zero-order valence-corrected chi connectivity index (χ0v) is 16.5. The van der Waals surface area contributed by atoms with Crippen LogP contribution in [-0.4, -0.2) is 24.9 Å². The molecule has 26 heavy (non-hydrogen) atoms. The number of aliphatic imine (C=N–C) groups is 1. The van der Waals surface area contributed by atoms with Crippen LogP contribution in [0.15, 0.2) is 53.5 Å². The molecule has 0 amide bonds. The van der Waals surface area contributed by atoms with Crippen LogP contribution < -0.4 is 4.90 Å². The van der Waals surface area contributed by atoms with Crippen LogP contribution in [-0.2, 0) is 0 Å². The molecule has 0 bridgehead atoms. The second-order valence-electron chi connectivity index (χ2n) is 7.12. The second-order valence-corrected chi connectivity index (χ2v) is 7.12. The molecule has 0 saturated carbocycles. The molecule has 0 saturated heterocycles. The Labute approximate surface area is 156 Å². The van der Waals surface area contributed by atoms with Gasteiger partial charge in [-0.3, -0.25) is 4.99 Å². The number of hydrogen-bond acceptors (Lipinski definition) is 2.